The molecule has 0 saturated heterocycles. The van der Waals surface area contributed by atoms with E-state index >= 15 is 0 Å². The highest BCUT2D eigenvalue weighted by atomic mass is 19.4. The molecule has 0 aliphatic carbocycles. The van der Waals surface area contributed by atoms with Crippen LogP contribution in [0.3, 0.4) is 0 Å². The second kappa shape index (κ2) is 4.59. The summed E-state index contributed by atoms with van der Waals surface area (Å²) in [7, 11) is 0. The van der Waals surface area contributed by atoms with E-state index in [2.05, 4.69) is 10.2 Å². The van der Waals surface area contributed by atoms with Crippen LogP contribution in [0.25, 0.3) is 0 Å². The van der Waals surface area contributed by atoms with Crippen molar-refractivity contribution >= 4 is 0 Å². The molecule has 0 amide bonds. The molecule has 1 heterocycles. The summed E-state index contributed by atoms with van der Waals surface area (Å²) < 4.78 is 55.3. The number of alkyl halides is 3. The average molecular weight is 258 g/mol. The van der Waals surface area contributed by atoms with Gasteiger partial charge in [-0.3, -0.25) is 0 Å². The Labute approximate surface area is 99.0 Å². The van der Waals surface area contributed by atoms with Gasteiger partial charge in [-0.1, -0.05) is 0 Å². The van der Waals surface area contributed by atoms with Gasteiger partial charge in [0.05, 0.1) is 5.56 Å². The molecule has 0 aliphatic rings. The molecule has 0 spiro atoms. The van der Waals surface area contributed by atoms with Gasteiger partial charge in [0.2, 0.25) is 5.88 Å². The minimum absolute atomic E-state index is 0.0174. The van der Waals surface area contributed by atoms with Gasteiger partial charge in [0.1, 0.15) is 11.6 Å². The normalized spacial score (nSPS) is 11.3. The first kappa shape index (κ1) is 12.3. The van der Waals surface area contributed by atoms with Crippen LogP contribution < -0.4 is 4.74 Å². The van der Waals surface area contributed by atoms with Gasteiger partial charge in [0.15, 0.2) is 0 Å². The van der Waals surface area contributed by atoms with Gasteiger partial charge < -0.3 is 4.74 Å². The molecule has 7 heteroatoms. The quantitative estimate of drug-likeness (QED) is 0.774. The van der Waals surface area contributed by atoms with Crippen molar-refractivity contribution in [2.75, 3.05) is 0 Å². The van der Waals surface area contributed by atoms with Gasteiger partial charge >= 0.3 is 6.18 Å². The molecule has 0 bridgehead atoms. The SMILES string of the molecule is Fc1cc(Oc2cccnn2)cc(C(F)(F)F)c1. The van der Waals surface area contributed by atoms with Crippen molar-refractivity contribution in [1.82, 2.24) is 10.2 Å². The molecule has 94 valence electrons. The van der Waals surface area contributed by atoms with Crippen LogP contribution in [0.4, 0.5) is 17.6 Å². The summed E-state index contributed by atoms with van der Waals surface area (Å²) in [6.45, 7) is 0. The minimum atomic E-state index is -4.64. The van der Waals surface area contributed by atoms with E-state index in [1.807, 2.05) is 0 Å². The highest BCUT2D eigenvalue weighted by Gasteiger charge is 2.31. The van der Waals surface area contributed by atoms with Crippen LogP contribution >= 0.6 is 0 Å². The highest BCUT2D eigenvalue weighted by Crippen LogP contribution is 2.33. The lowest BCUT2D eigenvalue weighted by atomic mass is 10.2. The topological polar surface area (TPSA) is 35.0 Å². The molecule has 0 atom stereocenters. The summed E-state index contributed by atoms with van der Waals surface area (Å²) in [5.74, 6) is -1.34. The van der Waals surface area contributed by atoms with Crippen molar-refractivity contribution in [2.45, 2.75) is 6.18 Å². The molecular weight excluding hydrogens is 252 g/mol. The molecule has 18 heavy (non-hydrogen) atoms. The fourth-order valence-corrected chi connectivity index (χ4v) is 1.25. The first-order chi connectivity index (χ1) is 8.45. The van der Waals surface area contributed by atoms with Gasteiger partial charge in [0, 0.05) is 18.3 Å². The number of rotatable bonds is 2. The Morgan fingerprint density at radius 3 is 2.50 bits per heavy atom. The monoisotopic (exact) mass is 258 g/mol. The molecule has 0 saturated carbocycles. The van der Waals surface area contributed by atoms with E-state index in [4.69, 9.17) is 4.74 Å². The number of benzene rings is 1. The van der Waals surface area contributed by atoms with E-state index in [-0.39, 0.29) is 11.6 Å². The molecule has 2 aromatic rings. The van der Waals surface area contributed by atoms with Gasteiger partial charge in [-0.25, -0.2) is 4.39 Å². The number of hydrogen-bond donors (Lipinski definition) is 0. The van der Waals surface area contributed by atoms with E-state index in [1.54, 1.807) is 0 Å². The molecule has 1 aromatic carbocycles. The Morgan fingerprint density at radius 2 is 1.89 bits per heavy atom. The van der Waals surface area contributed by atoms with Crippen LogP contribution in [0.2, 0.25) is 0 Å². The van der Waals surface area contributed by atoms with E-state index in [0.29, 0.717) is 12.1 Å². The highest BCUT2D eigenvalue weighted by molar-refractivity contribution is 5.33. The van der Waals surface area contributed by atoms with Gasteiger partial charge in [-0.05, 0) is 18.2 Å². The molecule has 3 nitrogen and oxygen atoms in total. The van der Waals surface area contributed by atoms with Crippen molar-refractivity contribution < 1.29 is 22.3 Å². The number of halogens is 4. The first-order valence-electron chi connectivity index (χ1n) is 4.78. The van der Waals surface area contributed by atoms with Gasteiger partial charge in [0.25, 0.3) is 0 Å². The lowest BCUT2D eigenvalue weighted by molar-refractivity contribution is -0.137. The lowest BCUT2D eigenvalue weighted by Gasteiger charge is -2.09. The maximum absolute atomic E-state index is 13.0. The third-order valence-electron chi connectivity index (χ3n) is 1.97. The largest absolute Gasteiger partial charge is 0.437 e. The first-order valence-corrected chi connectivity index (χ1v) is 4.78. The zero-order valence-electron chi connectivity index (χ0n) is 8.78. The Hall–Kier alpha value is -2.18. The Bertz CT molecular complexity index is 542. The standard InChI is InChI=1S/C11H6F4N2O/c12-8-4-7(11(13,14)15)5-9(6-8)18-10-2-1-3-16-17-10/h1-6H. The summed E-state index contributed by atoms with van der Waals surface area (Å²) in [6, 6.07) is 4.81. The predicted molar refractivity (Wildman–Crippen MR) is 53.5 cm³/mol. The number of aromatic nitrogens is 2. The summed E-state index contributed by atoms with van der Waals surface area (Å²) in [5.41, 5.74) is -1.12. The fourth-order valence-electron chi connectivity index (χ4n) is 1.25. The number of ether oxygens (including phenoxy) is 1. The predicted octanol–water partition coefficient (Wildman–Crippen LogP) is 3.43. The van der Waals surface area contributed by atoms with Crippen LogP contribution in [0.1, 0.15) is 5.56 Å². The van der Waals surface area contributed by atoms with Crippen molar-refractivity contribution in [1.29, 1.82) is 0 Å². The average Bonchev–Trinajstić information content (AvgIpc) is 2.28. The smallest absolute Gasteiger partial charge is 0.416 e. The van der Waals surface area contributed by atoms with Crippen LogP contribution in [-0.4, -0.2) is 10.2 Å². The van der Waals surface area contributed by atoms with Gasteiger partial charge in [-0.15, -0.1) is 5.10 Å². The Balaban J connectivity index is 2.32. The summed E-state index contributed by atoms with van der Waals surface area (Å²) in [5, 5.41) is 7.00. The molecule has 1 aromatic heterocycles. The zero-order chi connectivity index (χ0) is 13.2. The van der Waals surface area contributed by atoms with Crippen molar-refractivity contribution in [3.63, 3.8) is 0 Å². The summed E-state index contributed by atoms with van der Waals surface area (Å²) >= 11 is 0. The molecular formula is C11H6F4N2O. The van der Waals surface area contributed by atoms with E-state index < -0.39 is 17.6 Å². The third kappa shape index (κ3) is 2.93. The van der Waals surface area contributed by atoms with Gasteiger partial charge in [-0.2, -0.15) is 18.3 Å². The van der Waals surface area contributed by atoms with Crippen LogP contribution in [0.5, 0.6) is 11.6 Å². The van der Waals surface area contributed by atoms with Crippen LogP contribution in [0, 0.1) is 5.82 Å². The third-order valence-corrected chi connectivity index (χ3v) is 1.97. The molecule has 0 unspecified atom stereocenters. The second-order valence-electron chi connectivity index (χ2n) is 3.34. The minimum Gasteiger partial charge on any atom is -0.437 e. The van der Waals surface area contributed by atoms with E-state index in [9.17, 15) is 17.6 Å². The molecule has 0 fully saturated rings. The molecule has 0 aliphatic heterocycles. The summed E-state index contributed by atoms with van der Waals surface area (Å²) in [4.78, 5) is 0. The summed E-state index contributed by atoms with van der Waals surface area (Å²) in [6.07, 6.45) is -3.26. The van der Waals surface area contributed by atoms with Crippen molar-refractivity contribution in [2.24, 2.45) is 0 Å². The fraction of sp³-hybridized carbons (Fsp3) is 0.0909. The Morgan fingerprint density at radius 1 is 1.11 bits per heavy atom. The maximum atomic E-state index is 13.0. The molecule has 0 radical (unpaired) electrons. The molecule has 0 N–H and O–H groups in total. The number of hydrogen-bond acceptors (Lipinski definition) is 3. The second-order valence-corrected chi connectivity index (χ2v) is 3.34. The van der Waals surface area contributed by atoms with E-state index in [0.717, 1.165) is 6.07 Å². The molecule has 2 rings (SSSR count). The Kier molecular flexibility index (Phi) is 3.14. The van der Waals surface area contributed by atoms with Crippen LogP contribution in [0.15, 0.2) is 36.5 Å². The zero-order valence-corrected chi connectivity index (χ0v) is 8.78. The van der Waals surface area contributed by atoms with Crippen molar-refractivity contribution in [3.05, 3.63) is 47.9 Å². The van der Waals surface area contributed by atoms with Crippen LogP contribution in [-0.2, 0) is 6.18 Å². The number of nitrogens with zero attached hydrogens (tertiary/aromatic N) is 2. The lowest BCUT2D eigenvalue weighted by Crippen LogP contribution is -2.05. The van der Waals surface area contributed by atoms with Crippen molar-refractivity contribution in [3.8, 4) is 11.6 Å². The van der Waals surface area contributed by atoms with E-state index in [1.165, 1.54) is 18.3 Å². The maximum Gasteiger partial charge on any atom is 0.416 e.